The number of guanidine groups is 1. The summed E-state index contributed by atoms with van der Waals surface area (Å²) in [4.78, 5) is 7.20. The summed E-state index contributed by atoms with van der Waals surface area (Å²) in [7, 11) is -3.69. The van der Waals surface area contributed by atoms with E-state index in [1.807, 2.05) is 6.07 Å². The largest absolute Gasteiger partial charge is 0.374 e. The minimum atomic E-state index is -3.69. The quantitative estimate of drug-likeness (QED) is 0.600. The molecule has 3 aliphatic heterocycles. The summed E-state index contributed by atoms with van der Waals surface area (Å²) in [6, 6.07) is 6.67. The van der Waals surface area contributed by atoms with Crippen LogP contribution in [0.3, 0.4) is 0 Å². The van der Waals surface area contributed by atoms with Gasteiger partial charge in [-0.25, -0.2) is 18.5 Å². The molecular weight excluding hydrogens is 352 g/mol. The molecule has 7 nitrogen and oxygen atoms in total. The number of rotatable bonds is 4. The van der Waals surface area contributed by atoms with Crippen molar-refractivity contribution in [2.24, 2.45) is 22.0 Å². The van der Waals surface area contributed by atoms with Gasteiger partial charge in [0.25, 0.3) is 0 Å². The lowest BCUT2D eigenvalue weighted by Gasteiger charge is -2.23. The molecule has 142 valence electrons. The number of sulfonamides is 1. The zero-order valence-electron chi connectivity index (χ0n) is 15.0. The Labute approximate surface area is 154 Å². The molecule has 1 aromatic rings. The van der Waals surface area contributed by atoms with Crippen LogP contribution < -0.4 is 10.5 Å². The maximum absolute atomic E-state index is 11.5. The van der Waals surface area contributed by atoms with Crippen molar-refractivity contribution in [1.29, 1.82) is 0 Å². The molecule has 0 aromatic heterocycles. The first-order chi connectivity index (χ1) is 12.5. The van der Waals surface area contributed by atoms with E-state index in [1.54, 1.807) is 12.1 Å². The average molecular weight is 378 g/mol. The molecule has 26 heavy (non-hydrogen) atoms. The van der Waals surface area contributed by atoms with Gasteiger partial charge in [0.15, 0.2) is 5.96 Å². The Hall–Kier alpha value is -1.64. The van der Waals surface area contributed by atoms with Gasteiger partial charge in [-0.3, -0.25) is 0 Å². The van der Waals surface area contributed by atoms with E-state index in [0.717, 1.165) is 31.2 Å². The molecule has 2 bridgehead atoms. The summed E-state index contributed by atoms with van der Waals surface area (Å²) >= 11 is 0. The van der Waals surface area contributed by atoms with Gasteiger partial charge in [0.2, 0.25) is 10.0 Å². The second kappa shape index (κ2) is 6.83. The molecule has 0 radical (unpaired) electrons. The topological polar surface area (TPSA) is 97.0 Å². The molecule has 3 fully saturated rings. The van der Waals surface area contributed by atoms with Crippen LogP contribution >= 0.6 is 0 Å². The molecule has 1 aromatic carbocycles. The van der Waals surface area contributed by atoms with Crippen molar-refractivity contribution in [3.63, 3.8) is 0 Å². The first kappa shape index (κ1) is 17.8. The average Bonchev–Trinajstić information content (AvgIpc) is 3.30. The lowest BCUT2D eigenvalue weighted by Crippen LogP contribution is -2.41. The third-order valence-electron chi connectivity index (χ3n) is 5.73. The molecule has 3 aliphatic rings. The van der Waals surface area contributed by atoms with Crippen LogP contribution in [0, 0.1) is 11.8 Å². The van der Waals surface area contributed by atoms with Gasteiger partial charge in [0.1, 0.15) is 0 Å². The van der Waals surface area contributed by atoms with Crippen molar-refractivity contribution in [3.8, 4) is 0 Å². The highest BCUT2D eigenvalue weighted by Gasteiger charge is 2.53. The number of likely N-dealkylation sites (tertiary alicyclic amines) is 1. The zero-order valence-corrected chi connectivity index (χ0v) is 15.8. The van der Waals surface area contributed by atoms with Gasteiger partial charge in [-0.15, -0.1) is 0 Å². The molecule has 3 N–H and O–H groups in total. The maximum Gasteiger partial charge on any atom is 0.238 e. The Morgan fingerprint density at radius 3 is 2.62 bits per heavy atom. The minimum absolute atomic E-state index is 0.125. The van der Waals surface area contributed by atoms with Crippen LogP contribution in [-0.2, 0) is 21.3 Å². The molecule has 0 aliphatic carbocycles. The molecule has 0 saturated carbocycles. The van der Waals surface area contributed by atoms with Crippen LogP contribution in [0.25, 0.3) is 0 Å². The Morgan fingerprint density at radius 2 is 2.00 bits per heavy atom. The van der Waals surface area contributed by atoms with Crippen molar-refractivity contribution in [2.45, 2.75) is 43.4 Å². The van der Waals surface area contributed by atoms with Gasteiger partial charge in [0, 0.05) is 31.5 Å². The van der Waals surface area contributed by atoms with E-state index >= 15 is 0 Å². The predicted molar refractivity (Wildman–Crippen MR) is 99.1 cm³/mol. The number of benzene rings is 1. The van der Waals surface area contributed by atoms with Gasteiger partial charge >= 0.3 is 0 Å². The number of nitrogens with zero attached hydrogens (tertiary/aromatic N) is 2. The number of hydrogen-bond donors (Lipinski definition) is 2. The highest BCUT2D eigenvalue weighted by molar-refractivity contribution is 7.89. The SMILES string of the molecule is CCNC(=NCc1cccc(S(N)(=O)=O)c1)N1CC2C3CCC(O3)C2C1. The minimum Gasteiger partial charge on any atom is -0.374 e. The zero-order chi connectivity index (χ0) is 18.3. The summed E-state index contributed by atoms with van der Waals surface area (Å²) in [5.74, 6) is 2.12. The fourth-order valence-corrected chi connectivity index (χ4v) is 5.13. The number of hydrogen-bond acceptors (Lipinski definition) is 4. The number of ether oxygens (including phenoxy) is 1. The smallest absolute Gasteiger partial charge is 0.238 e. The molecule has 3 saturated heterocycles. The van der Waals surface area contributed by atoms with E-state index in [-0.39, 0.29) is 4.90 Å². The summed E-state index contributed by atoms with van der Waals surface area (Å²) in [6.45, 7) is 5.23. The van der Waals surface area contributed by atoms with Crippen LogP contribution in [0.2, 0.25) is 0 Å². The standard InChI is InChI=1S/C18H26N4O3S/c1-2-20-18(21-9-12-4-3-5-13(8-12)26(19,23)24)22-10-14-15(11-22)17-7-6-16(14)25-17/h3-5,8,14-17H,2,6-7,9-11H2,1H3,(H,20,21)(H2,19,23,24). The van der Waals surface area contributed by atoms with E-state index in [0.29, 0.717) is 30.6 Å². The van der Waals surface area contributed by atoms with Crippen LogP contribution in [0.5, 0.6) is 0 Å². The lowest BCUT2D eigenvalue weighted by atomic mass is 9.82. The highest BCUT2D eigenvalue weighted by Crippen LogP contribution is 2.47. The van der Waals surface area contributed by atoms with Gasteiger partial charge < -0.3 is 15.0 Å². The Morgan fingerprint density at radius 1 is 1.31 bits per heavy atom. The third kappa shape index (κ3) is 3.33. The number of nitrogens with one attached hydrogen (secondary N) is 1. The van der Waals surface area contributed by atoms with Crippen molar-refractivity contribution >= 4 is 16.0 Å². The molecule has 4 atom stereocenters. The fourth-order valence-electron chi connectivity index (χ4n) is 4.55. The molecule has 4 unspecified atom stereocenters. The van der Waals surface area contributed by atoms with Crippen molar-refractivity contribution < 1.29 is 13.2 Å². The summed E-state index contributed by atoms with van der Waals surface area (Å²) < 4.78 is 29.1. The first-order valence-corrected chi connectivity index (χ1v) is 10.8. The molecule has 0 spiro atoms. The van der Waals surface area contributed by atoms with Crippen LogP contribution in [0.15, 0.2) is 34.2 Å². The van der Waals surface area contributed by atoms with Crippen molar-refractivity contribution in [1.82, 2.24) is 10.2 Å². The summed E-state index contributed by atoms with van der Waals surface area (Å²) in [5.41, 5.74) is 0.828. The van der Waals surface area contributed by atoms with Crippen molar-refractivity contribution in [2.75, 3.05) is 19.6 Å². The van der Waals surface area contributed by atoms with Crippen LogP contribution in [-0.4, -0.2) is 51.1 Å². The first-order valence-electron chi connectivity index (χ1n) is 9.26. The van der Waals surface area contributed by atoms with Gasteiger partial charge in [0.05, 0.1) is 23.6 Å². The second-order valence-electron chi connectivity index (χ2n) is 7.39. The van der Waals surface area contributed by atoms with Crippen molar-refractivity contribution in [3.05, 3.63) is 29.8 Å². The number of fused-ring (bicyclic) bond motifs is 5. The Kier molecular flexibility index (Phi) is 4.66. The van der Waals surface area contributed by atoms with Gasteiger partial charge in [-0.05, 0) is 37.5 Å². The van der Waals surface area contributed by atoms with E-state index in [1.165, 1.54) is 18.9 Å². The second-order valence-corrected chi connectivity index (χ2v) is 8.95. The van der Waals surface area contributed by atoms with E-state index in [2.05, 4.69) is 17.1 Å². The predicted octanol–water partition coefficient (Wildman–Crippen LogP) is 0.909. The maximum atomic E-state index is 11.5. The Balaban J connectivity index is 1.49. The van der Waals surface area contributed by atoms with Gasteiger partial charge in [-0.2, -0.15) is 0 Å². The van der Waals surface area contributed by atoms with Crippen LogP contribution in [0.1, 0.15) is 25.3 Å². The lowest BCUT2D eigenvalue weighted by molar-refractivity contribution is 0.0767. The molecule has 8 heteroatoms. The third-order valence-corrected chi connectivity index (χ3v) is 6.64. The number of nitrogens with two attached hydrogens (primary N) is 1. The number of aliphatic imine (C=N–C) groups is 1. The monoisotopic (exact) mass is 378 g/mol. The highest BCUT2D eigenvalue weighted by atomic mass is 32.2. The van der Waals surface area contributed by atoms with E-state index in [9.17, 15) is 8.42 Å². The molecule has 3 heterocycles. The van der Waals surface area contributed by atoms with Gasteiger partial charge in [-0.1, -0.05) is 12.1 Å². The van der Waals surface area contributed by atoms with E-state index in [4.69, 9.17) is 14.9 Å². The summed E-state index contributed by atoms with van der Waals surface area (Å²) in [5, 5.41) is 8.59. The fraction of sp³-hybridized carbons (Fsp3) is 0.611. The molecule has 0 amide bonds. The molecular formula is C18H26N4O3S. The summed E-state index contributed by atoms with van der Waals surface area (Å²) in [6.07, 6.45) is 3.22. The van der Waals surface area contributed by atoms with Crippen LogP contribution in [0.4, 0.5) is 0 Å². The Bertz CT molecular complexity index is 792. The molecule has 4 rings (SSSR count). The normalized spacial score (nSPS) is 30.7. The van der Waals surface area contributed by atoms with E-state index < -0.39 is 10.0 Å². The number of primary sulfonamides is 1.